The highest BCUT2D eigenvalue weighted by molar-refractivity contribution is 7.47. The van der Waals surface area contributed by atoms with Crippen molar-refractivity contribution in [3.63, 3.8) is 0 Å². The molecule has 3 N–H and O–H groups in total. The van der Waals surface area contributed by atoms with Gasteiger partial charge in [0.15, 0.2) is 0 Å². The molecule has 0 heterocycles. The number of amides is 1. The van der Waals surface area contributed by atoms with Crippen LogP contribution >= 0.6 is 7.82 Å². The summed E-state index contributed by atoms with van der Waals surface area (Å²) in [6.07, 6.45) is 80.9. The summed E-state index contributed by atoms with van der Waals surface area (Å²) in [7, 11) is 1.60. The molecule has 0 saturated heterocycles. The van der Waals surface area contributed by atoms with Crippen molar-refractivity contribution in [2.24, 2.45) is 0 Å². The maximum atomic E-state index is 13.1. The summed E-state index contributed by atoms with van der Waals surface area (Å²) in [6, 6.07) is -0.844. The first kappa shape index (κ1) is 79.2. The van der Waals surface area contributed by atoms with Gasteiger partial charge in [-0.3, -0.25) is 13.8 Å². The van der Waals surface area contributed by atoms with E-state index in [4.69, 9.17) is 9.05 Å². The maximum absolute atomic E-state index is 13.1. The Hall–Kier alpha value is -0.760. The number of phosphoric ester groups is 1. The lowest BCUT2D eigenvalue weighted by atomic mass is 10.0. The van der Waals surface area contributed by atoms with Gasteiger partial charge >= 0.3 is 7.82 Å². The minimum absolute atomic E-state index is 0.0655. The highest BCUT2D eigenvalue weighted by atomic mass is 31.2. The number of aliphatic hydroxyl groups is 1. The minimum atomic E-state index is -4.35. The molecule has 3 atom stereocenters. The lowest BCUT2D eigenvalue weighted by Gasteiger charge is -2.25. The summed E-state index contributed by atoms with van der Waals surface area (Å²) in [4.78, 5) is 23.4. The van der Waals surface area contributed by atoms with E-state index in [0.717, 1.165) is 32.1 Å². The lowest BCUT2D eigenvalue weighted by molar-refractivity contribution is -0.870. The van der Waals surface area contributed by atoms with Crippen LogP contribution in [0.2, 0.25) is 0 Å². The number of phosphoric acid groups is 1. The summed E-state index contributed by atoms with van der Waals surface area (Å²) in [5, 5.41) is 14.0. The molecule has 0 aromatic carbocycles. The van der Waals surface area contributed by atoms with Gasteiger partial charge in [0.25, 0.3) is 0 Å². The number of rotatable bonds is 68. The van der Waals surface area contributed by atoms with Crippen LogP contribution in [-0.2, 0) is 18.4 Å². The van der Waals surface area contributed by atoms with Crippen LogP contribution in [-0.4, -0.2) is 73.4 Å². The number of likely N-dealkylation sites (N-methyl/N-ethyl adjacent to an activating group) is 1. The molecule has 0 rings (SSSR count). The molecule has 0 fully saturated rings. The zero-order valence-electron chi connectivity index (χ0n) is 54.9. The number of quaternary nitrogens is 1. The molecule has 0 bridgehead atoms. The molecule has 0 radical (unpaired) electrons. The molecule has 1 amide bonds. The van der Waals surface area contributed by atoms with Gasteiger partial charge in [-0.15, -0.1) is 0 Å². The molecule has 80 heavy (non-hydrogen) atoms. The smallest absolute Gasteiger partial charge is 0.387 e. The molecule has 478 valence electrons. The van der Waals surface area contributed by atoms with Crippen LogP contribution in [0.15, 0.2) is 12.2 Å². The van der Waals surface area contributed by atoms with Crippen molar-refractivity contribution in [3.05, 3.63) is 12.2 Å². The number of hydrogen-bond donors (Lipinski definition) is 3. The topological polar surface area (TPSA) is 105 Å². The Labute approximate surface area is 501 Å². The van der Waals surface area contributed by atoms with Crippen molar-refractivity contribution in [2.75, 3.05) is 40.9 Å². The first-order valence-electron chi connectivity index (χ1n) is 36.1. The molecular formula is C71H144N2O6P+. The molecular weight excluding hydrogens is 1010 g/mol. The zero-order valence-corrected chi connectivity index (χ0v) is 55.8. The second-order valence-corrected chi connectivity index (χ2v) is 27.8. The van der Waals surface area contributed by atoms with Crippen molar-refractivity contribution in [1.82, 2.24) is 5.32 Å². The van der Waals surface area contributed by atoms with Crippen molar-refractivity contribution in [2.45, 2.75) is 398 Å². The summed E-state index contributed by atoms with van der Waals surface area (Å²) in [5.74, 6) is -0.167. The zero-order chi connectivity index (χ0) is 58.4. The highest BCUT2D eigenvalue weighted by Gasteiger charge is 2.28. The highest BCUT2D eigenvalue weighted by Crippen LogP contribution is 2.43. The predicted molar refractivity (Wildman–Crippen MR) is 351 cm³/mol. The number of hydrogen-bond acceptors (Lipinski definition) is 5. The Kier molecular flexibility index (Phi) is 62.2. The van der Waals surface area contributed by atoms with E-state index in [1.165, 1.54) is 334 Å². The van der Waals surface area contributed by atoms with Crippen LogP contribution in [0.25, 0.3) is 0 Å². The van der Waals surface area contributed by atoms with Gasteiger partial charge in [0.05, 0.1) is 39.9 Å². The number of nitrogens with zero attached hydrogens (tertiary/aromatic N) is 1. The first-order valence-corrected chi connectivity index (χ1v) is 37.6. The normalized spacial score (nSPS) is 13.6. The number of allylic oxidation sites excluding steroid dienone is 1. The maximum Gasteiger partial charge on any atom is 0.472 e. The molecule has 0 aliphatic rings. The molecule has 9 heteroatoms. The Bertz CT molecular complexity index is 1310. The van der Waals surface area contributed by atoms with Gasteiger partial charge < -0.3 is 19.8 Å². The number of unbranched alkanes of at least 4 members (excludes halogenated alkanes) is 55. The van der Waals surface area contributed by atoms with Gasteiger partial charge in [-0.2, -0.15) is 0 Å². The van der Waals surface area contributed by atoms with Gasteiger partial charge in [-0.25, -0.2) is 4.57 Å². The third kappa shape index (κ3) is 64.8. The van der Waals surface area contributed by atoms with Crippen LogP contribution in [0.4, 0.5) is 0 Å². The van der Waals surface area contributed by atoms with Crippen molar-refractivity contribution in [1.29, 1.82) is 0 Å². The monoisotopic (exact) mass is 1150 g/mol. The van der Waals surface area contributed by atoms with Gasteiger partial charge in [0, 0.05) is 6.42 Å². The van der Waals surface area contributed by atoms with E-state index in [1.54, 1.807) is 6.08 Å². The Morgan fingerprint density at radius 1 is 0.412 bits per heavy atom. The molecule has 0 spiro atoms. The molecule has 0 saturated carbocycles. The van der Waals surface area contributed by atoms with E-state index in [0.29, 0.717) is 17.4 Å². The van der Waals surface area contributed by atoms with Crippen molar-refractivity contribution >= 4 is 13.7 Å². The predicted octanol–water partition coefficient (Wildman–Crippen LogP) is 22.9. The molecule has 8 nitrogen and oxygen atoms in total. The number of aliphatic hydroxyl groups excluding tert-OH is 1. The molecule has 0 aliphatic carbocycles. The van der Waals surface area contributed by atoms with Crippen molar-refractivity contribution < 1.29 is 32.9 Å². The average Bonchev–Trinajstić information content (AvgIpc) is 3.42. The number of carbonyl (C=O) groups is 1. The standard InChI is InChI=1S/C71H143N2O6P/c1-6-8-10-12-14-16-18-20-22-24-26-28-30-31-32-33-34-35-36-37-38-39-40-41-43-45-47-49-51-53-55-57-59-61-63-65-71(75)72-69(68-79-80(76,77)78-67-66-73(3,4)5)70(74)64-62-60-58-56-54-52-50-48-46-44-42-29-27-25-23-21-19-17-15-13-11-9-7-2/h62,64,69-70,74H,6-61,63,65-68H2,1-5H3,(H-,72,75,76,77)/p+1/b64-62+. The van der Waals surface area contributed by atoms with Gasteiger partial charge in [0.2, 0.25) is 5.91 Å². The van der Waals surface area contributed by atoms with Crippen molar-refractivity contribution in [3.8, 4) is 0 Å². The van der Waals surface area contributed by atoms with Gasteiger partial charge in [-0.05, 0) is 19.3 Å². The Morgan fingerprint density at radius 2 is 0.662 bits per heavy atom. The average molecular weight is 1150 g/mol. The number of carbonyl (C=O) groups excluding carboxylic acids is 1. The fourth-order valence-corrected chi connectivity index (χ4v) is 12.1. The molecule has 3 unspecified atom stereocenters. The van der Waals surface area contributed by atoms with Gasteiger partial charge in [0.1, 0.15) is 13.2 Å². The fourth-order valence-electron chi connectivity index (χ4n) is 11.4. The number of nitrogens with one attached hydrogen (secondary N) is 1. The van der Waals surface area contributed by atoms with Crippen LogP contribution in [0, 0.1) is 0 Å². The van der Waals surface area contributed by atoms with E-state index < -0.39 is 20.0 Å². The minimum Gasteiger partial charge on any atom is -0.387 e. The summed E-state index contributed by atoms with van der Waals surface area (Å²) < 4.78 is 23.8. The second-order valence-electron chi connectivity index (χ2n) is 26.3. The van der Waals surface area contributed by atoms with Crippen LogP contribution in [0.3, 0.4) is 0 Å². The summed E-state index contributed by atoms with van der Waals surface area (Å²) in [6.45, 7) is 4.89. The van der Waals surface area contributed by atoms with E-state index in [2.05, 4.69) is 19.2 Å². The summed E-state index contributed by atoms with van der Waals surface area (Å²) >= 11 is 0. The van der Waals surface area contributed by atoms with Crippen LogP contribution < -0.4 is 5.32 Å². The largest absolute Gasteiger partial charge is 0.472 e. The second kappa shape index (κ2) is 62.8. The Balaban J connectivity index is 3.96. The van der Waals surface area contributed by atoms with E-state index in [1.807, 2.05) is 27.2 Å². The third-order valence-electron chi connectivity index (χ3n) is 17.0. The fraction of sp³-hybridized carbons (Fsp3) is 0.958. The van der Waals surface area contributed by atoms with Gasteiger partial charge in [-0.1, -0.05) is 373 Å². The first-order chi connectivity index (χ1) is 39.0. The Morgan fingerprint density at radius 3 is 0.925 bits per heavy atom. The quantitative estimate of drug-likeness (QED) is 0.0243. The summed E-state index contributed by atoms with van der Waals surface area (Å²) in [5.41, 5.74) is 0. The lowest BCUT2D eigenvalue weighted by Crippen LogP contribution is -2.45. The van der Waals surface area contributed by atoms with Crippen LogP contribution in [0.1, 0.15) is 386 Å². The van der Waals surface area contributed by atoms with E-state index >= 15 is 0 Å². The molecule has 0 aromatic heterocycles. The third-order valence-corrected chi connectivity index (χ3v) is 18.0. The van der Waals surface area contributed by atoms with E-state index in [-0.39, 0.29) is 19.1 Å². The molecule has 0 aliphatic heterocycles. The van der Waals surface area contributed by atoms with E-state index in [9.17, 15) is 19.4 Å². The SMILES string of the molecule is CCCCCCCCCCCCCCCCCCCCCCC/C=C/C(O)C(COP(=O)(O)OCC[N+](C)(C)C)NC(=O)CCCCCCCCCCCCCCCCCCCCCCCCCCCCCCCCCCCCC. The molecule has 0 aromatic rings. The van der Waals surface area contributed by atoms with Crippen LogP contribution in [0.5, 0.6) is 0 Å².